The lowest BCUT2D eigenvalue weighted by Gasteiger charge is -2.20. The van der Waals surface area contributed by atoms with Gasteiger partial charge in [0.25, 0.3) is 0 Å². The van der Waals surface area contributed by atoms with Gasteiger partial charge in [0.2, 0.25) is 0 Å². The number of hydrogen-bond acceptors (Lipinski definition) is 2. The molecule has 2 heteroatoms. The third-order valence-electron chi connectivity index (χ3n) is 5.06. The molecular formula is C26H23NO. The predicted octanol–water partition coefficient (Wildman–Crippen LogP) is 6.57. The summed E-state index contributed by atoms with van der Waals surface area (Å²) in [6.45, 7) is 2.07. The van der Waals surface area contributed by atoms with E-state index in [4.69, 9.17) is 0 Å². The number of aryl methyl sites for hydroxylation is 1. The minimum Gasteiger partial charge on any atom is -0.378 e. The van der Waals surface area contributed by atoms with E-state index in [0.29, 0.717) is 6.42 Å². The number of carbonyl (C=O) groups excluding carboxylic acids is 1. The number of hydrogen-bond donors (Lipinski definition) is 1. The summed E-state index contributed by atoms with van der Waals surface area (Å²) in [7, 11) is 0. The highest BCUT2D eigenvalue weighted by atomic mass is 16.1. The van der Waals surface area contributed by atoms with Crippen LogP contribution >= 0.6 is 0 Å². The Labute approximate surface area is 165 Å². The van der Waals surface area contributed by atoms with Crippen LogP contribution in [0.4, 0.5) is 5.69 Å². The second-order valence-corrected chi connectivity index (χ2v) is 7.16. The molecule has 1 unspecified atom stereocenters. The van der Waals surface area contributed by atoms with Crippen molar-refractivity contribution in [3.8, 4) is 0 Å². The van der Waals surface area contributed by atoms with Gasteiger partial charge in [0.15, 0.2) is 5.78 Å². The van der Waals surface area contributed by atoms with Crippen LogP contribution < -0.4 is 5.32 Å². The lowest BCUT2D eigenvalue weighted by atomic mass is 9.96. The number of nitrogens with one attached hydrogen (secondary N) is 1. The zero-order chi connectivity index (χ0) is 19.3. The zero-order valence-corrected chi connectivity index (χ0v) is 15.9. The number of ketones is 1. The molecule has 0 amide bonds. The normalized spacial score (nSPS) is 11.9. The summed E-state index contributed by atoms with van der Waals surface area (Å²) < 4.78 is 0. The van der Waals surface area contributed by atoms with E-state index in [1.165, 1.54) is 5.56 Å². The van der Waals surface area contributed by atoms with E-state index in [1.807, 2.05) is 54.6 Å². The molecule has 28 heavy (non-hydrogen) atoms. The topological polar surface area (TPSA) is 29.1 Å². The van der Waals surface area contributed by atoms with Gasteiger partial charge in [0, 0.05) is 17.7 Å². The van der Waals surface area contributed by atoms with Gasteiger partial charge in [-0.2, -0.15) is 0 Å². The standard InChI is InChI=1S/C26H23NO/c1-19-11-15-24(16-12-19)27-25(21-8-3-2-4-9-21)18-26(28)23-14-13-20-7-5-6-10-22(20)17-23/h2-17,25,27H,18H2,1H3. The molecule has 0 aliphatic carbocycles. The number of rotatable bonds is 6. The summed E-state index contributed by atoms with van der Waals surface area (Å²) in [5, 5.41) is 5.78. The highest BCUT2D eigenvalue weighted by Crippen LogP contribution is 2.26. The molecular weight excluding hydrogens is 342 g/mol. The number of Topliss-reactive ketones (excluding diaryl/α,β-unsaturated/α-hetero) is 1. The van der Waals surface area contributed by atoms with Crippen LogP contribution in [0.2, 0.25) is 0 Å². The van der Waals surface area contributed by atoms with Crippen molar-refractivity contribution in [2.24, 2.45) is 0 Å². The average molecular weight is 365 g/mol. The van der Waals surface area contributed by atoms with Gasteiger partial charge in [0.05, 0.1) is 6.04 Å². The molecule has 0 saturated carbocycles. The van der Waals surface area contributed by atoms with Crippen LogP contribution in [0, 0.1) is 6.92 Å². The first-order valence-electron chi connectivity index (χ1n) is 9.59. The largest absolute Gasteiger partial charge is 0.378 e. The molecule has 0 bridgehead atoms. The number of carbonyl (C=O) groups is 1. The maximum absolute atomic E-state index is 13.1. The highest BCUT2D eigenvalue weighted by Gasteiger charge is 2.17. The van der Waals surface area contributed by atoms with E-state index in [0.717, 1.165) is 27.6 Å². The Morgan fingerprint density at radius 1 is 0.786 bits per heavy atom. The molecule has 4 rings (SSSR count). The van der Waals surface area contributed by atoms with Crippen molar-refractivity contribution in [3.63, 3.8) is 0 Å². The van der Waals surface area contributed by atoms with Gasteiger partial charge in [-0.3, -0.25) is 4.79 Å². The van der Waals surface area contributed by atoms with Crippen molar-refractivity contribution in [2.45, 2.75) is 19.4 Å². The lowest BCUT2D eigenvalue weighted by molar-refractivity contribution is 0.0976. The quantitative estimate of drug-likeness (QED) is 0.391. The highest BCUT2D eigenvalue weighted by molar-refractivity contribution is 6.00. The number of anilines is 1. The van der Waals surface area contributed by atoms with Crippen LogP contribution in [0.25, 0.3) is 10.8 Å². The van der Waals surface area contributed by atoms with Crippen LogP contribution in [0.15, 0.2) is 97.1 Å². The molecule has 0 spiro atoms. The minimum atomic E-state index is -0.0807. The summed E-state index contributed by atoms with van der Waals surface area (Å²) in [5.74, 6) is 0.138. The Balaban J connectivity index is 1.60. The van der Waals surface area contributed by atoms with Crippen LogP contribution in [0.1, 0.15) is 33.9 Å². The SMILES string of the molecule is Cc1ccc(NC(CC(=O)c2ccc3ccccc3c2)c2ccccc2)cc1. The van der Waals surface area contributed by atoms with Crippen LogP contribution in [-0.2, 0) is 0 Å². The Bertz CT molecular complexity index is 1080. The van der Waals surface area contributed by atoms with E-state index < -0.39 is 0 Å². The van der Waals surface area contributed by atoms with Crippen molar-refractivity contribution in [1.29, 1.82) is 0 Å². The molecule has 138 valence electrons. The van der Waals surface area contributed by atoms with E-state index >= 15 is 0 Å². The molecule has 0 saturated heterocycles. The number of fused-ring (bicyclic) bond motifs is 1. The summed E-state index contributed by atoms with van der Waals surface area (Å²) in [6.07, 6.45) is 0.399. The number of benzene rings is 4. The fourth-order valence-corrected chi connectivity index (χ4v) is 3.45. The third kappa shape index (κ3) is 4.12. The second kappa shape index (κ2) is 8.10. The lowest BCUT2D eigenvalue weighted by Crippen LogP contribution is -2.15. The van der Waals surface area contributed by atoms with Gasteiger partial charge in [-0.15, -0.1) is 0 Å². The molecule has 4 aromatic rings. The Hall–Kier alpha value is -3.39. The van der Waals surface area contributed by atoms with E-state index in [1.54, 1.807) is 0 Å². The van der Waals surface area contributed by atoms with Crippen LogP contribution in [-0.4, -0.2) is 5.78 Å². The Morgan fingerprint density at radius 2 is 1.46 bits per heavy atom. The Morgan fingerprint density at radius 3 is 2.21 bits per heavy atom. The molecule has 4 aromatic carbocycles. The van der Waals surface area contributed by atoms with Crippen molar-refractivity contribution >= 4 is 22.2 Å². The molecule has 0 aromatic heterocycles. The molecule has 0 aliphatic rings. The summed E-state index contributed by atoms with van der Waals surface area (Å²) in [5.41, 5.74) is 4.10. The minimum absolute atomic E-state index is 0.0807. The zero-order valence-electron chi connectivity index (χ0n) is 15.9. The molecule has 2 nitrogen and oxygen atoms in total. The van der Waals surface area contributed by atoms with Crippen LogP contribution in [0.3, 0.4) is 0 Å². The first-order chi connectivity index (χ1) is 13.7. The molecule has 0 radical (unpaired) electrons. The summed E-state index contributed by atoms with van der Waals surface area (Å²) in [4.78, 5) is 13.1. The van der Waals surface area contributed by atoms with Crippen LogP contribution in [0.5, 0.6) is 0 Å². The maximum atomic E-state index is 13.1. The smallest absolute Gasteiger partial charge is 0.165 e. The molecule has 0 heterocycles. The maximum Gasteiger partial charge on any atom is 0.165 e. The van der Waals surface area contributed by atoms with Gasteiger partial charge in [0.1, 0.15) is 0 Å². The van der Waals surface area contributed by atoms with Crippen molar-refractivity contribution in [2.75, 3.05) is 5.32 Å². The molecule has 0 aliphatic heterocycles. The fourth-order valence-electron chi connectivity index (χ4n) is 3.45. The third-order valence-corrected chi connectivity index (χ3v) is 5.06. The molecule has 1 N–H and O–H groups in total. The predicted molar refractivity (Wildman–Crippen MR) is 117 cm³/mol. The van der Waals surface area contributed by atoms with Crippen molar-refractivity contribution in [1.82, 2.24) is 0 Å². The Kier molecular flexibility index (Phi) is 5.20. The van der Waals surface area contributed by atoms with Gasteiger partial charge in [-0.25, -0.2) is 0 Å². The van der Waals surface area contributed by atoms with E-state index in [2.05, 4.69) is 54.7 Å². The fraction of sp³-hybridized carbons (Fsp3) is 0.115. The summed E-state index contributed by atoms with van der Waals surface area (Å²) >= 11 is 0. The van der Waals surface area contributed by atoms with Crippen molar-refractivity contribution < 1.29 is 4.79 Å². The van der Waals surface area contributed by atoms with Gasteiger partial charge < -0.3 is 5.32 Å². The van der Waals surface area contributed by atoms with Crippen molar-refractivity contribution in [3.05, 3.63) is 114 Å². The second-order valence-electron chi connectivity index (χ2n) is 7.16. The molecule has 1 atom stereocenters. The van der Waals surface area contributed by atoms with E-state index in [-0.39, 0.29) is 11.8 Å². The monoisotopic (exact) mass is 365 g/mol. The van der Waals surface area contributed by atoms with Gasteiger partial charge in [-0.05, 0) is 41.5 Å². The van der Waals surface area contributed by atoms with Gasteiger partial charge in [-0.1, -0.05) is 84.4 Å². The first kappa shape index (κ1) is 18.0. The molecule has 0 fully saturated rings. The summed E-state index contributed by atoms with van der Waals surface area (Å²) in [6, 6.07) is 32.4. The van der Waals surface area contributed by atoms with E-state index in [9.17, 15) is 4.79 Å². The first-order valence-corrected chi connectivity index (χ1v) is 9.59. The van der Waals surface area contributed by atoms with Gasteiger partial charge >= 0.3 is 0 Å². The average Bonchev–Trinajstić information content (AvgIpc) is 2.75.